The second-order valence-corrected chi connectivity index (χ2v) is 6.15. The van der Waals surface area contributed by atoms with Gasteiger partial charge in [0.1, 0.15) is 11.5 Å². The first kappa shape index (κ1) is 17.2. The largest absolute Gasteiger partial charge is 0.392 e. The van der Waals surface area contributed by atoms with Gasteiger partial charge in [0.25, 0.3) is 5.69 Å². The van der Waals surface area contributed by atoms with Crippen molar-refractivity contribution in [1.29, 1.82) is 0 Å². The molecule has 0 aromatic heterocycles. The molecule has 1 saturated heterocycles. The molecule has 25 heavy (non-hydrogen) atoms. The molecule has 2 aromatic carbocycles. The Kier molecular flexibility index (Phi) is 5.14. The average molecular weight is 345 g/mol. The number of hydrogen-bond donors (Lipinski definition) is 2. The number of aliphatic hydroxyl groups excluding tert-OH is 1. The summed E-state index contributed by atoms with van der Waals surface area (Å²) in [6.45, 7) is 1.33. The zero-order chi connectivity index (χ0) is 17.8. The molecule has 6 nitrogen and oxygen atoms in total. The van der Waals surface area contributed by atoms with Crippen molar-refractivity contribution < 1.29 is 14.4 Å². The Balaban J connectivity index is 1.67. The molecule has 0 saturated carbocycles. The third kappa shape index (κ3) is 4.06. The maximum absolute atomic E-state index is 13.4. The Bertz CT molecular complexity index is 761. The van der Waals surface area contributed by atoms with Crippen LogP contribution in [0, 0.1) is 15.9 Å². The molecule has 0 atom stereocenters. The summed E-state index contributed by atoms with van der Waals surface area (Å²) in [5.74, 6) is -0.255. The van der Waals surface area contributed by atoms with Gasteiger partial charge in [0.15, 0.2) is 0 Å². The van der Waals surface area contributed by atoms with Gasteiger partial charge in [0, 0.05) is 30.9 Å². The Morgan fingerprint density at radius 3 is 2.64 bits per heavy atom. The second kappa shape index (κ2) is 7.48. The van der Waals surface area contributed by atoms with E-state index < -0.39 is 4.92 Å². The molecule has 1 aliphatic rings. The molecule has 1 fully saturated rings. The molecule has 7 heteroatoms. The fourth-order valence-electron chi connectivity index (χ4n) is 3.13. The highest BCUT2D eigenvalue weighted by atomic mass is 19.1. The lowest BCUT2D eigenvalue weighted by Gasteiger charge is -2.34. The first-order chi connectivity index (χ1) is 12.1. The Hall–Kier alpha value is -2.67. The van der Waals surface area contributed by atoms with E-state index in [9.17, 15) is 19.6 Å². The summed E-state index contributed by atoms with van der Waals surface area (Å²) in [6, 6.07) is 11.2. The number of halogens is 1. The maximum Gasteiger partial charge on any atom is 0.292 e. The highest BCUT2D eigenvalue weighted by Crippen LogP contribution is 2.29. The average Bonchev–Trinajstić information content (AvgIpc) is 2.62. The van der Waals surface area contributed by atoms with E-state index >= 15 is 0 Å². The molecule has 0 radical (unpaired) electrons. The van der Waals surface area contributed by atoms with Crippen LogP contribution in [0.25, 0.3) is 0 Å². The minimum atomic E-state index is -0.425. The monoisotopic (exact) mass is 345 g/mol. The lowest BCUT2D eigenvalue weighted by Crippen LogP contribution is -2.39. The van der Waals surface area contributed by atoms with E-state index in [0.717, 1.165) is 31.6 Å². The fourth-order valence-corrected chi connectivity index (χ4v) is 3.13. The normalized spacial score (nSPS) is 15.2. The number of nitrogens with one attached hydrogen (secondary N) is 1. The summed E-state index contributed by atoms with van der Waals surface area (Å²) in [6.07, 6.45) is 1.58. The van der Waals surface area contributed by atoms with Gasteiger partial charge in [-0.3, -0.25) is 10.1 Å². The molecule has 0 unspecified atom stereocenters. The van der Waals surface area contributed by atoms with E-state index in [1.54, 1.807) is 18.2 Å². The van der Waals surface area contributed by atoms with E-state index in [2.05, 4.69) is 10.2 Å². The van der Waals surface area contributed by atoms with Crippen LogP contribution in [0.4, 0.5) is 21.5 Å². The van der Waals surface area contributed by atoms with Gasteiger partial charge in [-0.2, -0.15) is 0 Å². The van der Waals surface area contributed by atoms with Crippen molar-refractivity contribution in [3.63, 3.8) is 0 Å². The fraction of sp³-hybridized carbons (Fsp3) is 0.333. The van der Waals surface area contributed by atoms with E-state index in [-0.39, 0.29) is 24.2 Å². The zero-order valence-corrected chi connectivity index (χ0v) is 13.7. The molecule has 0 aliphatic carbocycles. The van der Waals surface area contributed by atoms with Gasteiger partial charge >= 0.3 is 0 Å². The van der Waals surface area contributed by atoms with Gasteiger partial charge in [0.05, 0.1) is 11.5 Å². The summed E-state index contributed by atoms with van der Waals surface area (Å²) >= 11 is 0. The highest BCUT2D eigenvalue weighted by molar-refractivity contribution is 5.63. The van der Waals surface area contributed by atoms with Crippen molar-refractivity contribution in [2.75, 3.05) is 23.3 Å². The standard InChI is InChI=1S/C18H20FN3O3/c19-14-2-1-3-16(11-14)21-8-6-15(7-9-21)20-17-10-13(12-23)4-5-18(17)22(24)25/h1-5,10-11,15,20,23H,6-9,12H2. The third-order valence-corrected chi connectivity index (χ3v) is 4.47. The maximum atomic E-state index is 13.4. The van der Waals surface area contributed by atoms with Gasteiger partial charge in [-0.25, -0.2) is 4.39 Å². The molecule has 1 aliphatic heterocycles. The number of hydrogen-bond acceptors (Lipinski definition) is 5. The molecule has 2 N–H and O–H groups in total. The van der Waals surface area contributed by atoms with E-state index in [4.69, 9.17) is 0 Å². The van der Waals surface area contributed by atoms with Crippen LogP contribution in [0.2, 0.25) is 0 Å². The number of nitro benzene ring substituents is 1. The second-order valence-electron chi connectivity index (χ2n) is 6.15. The van der Waals surface area contributed by atoms with E-state index in [0.29, 0.717) is 11.3 Å². The van der Waals surface area contributed by atoms with Crippen LogP contribution in [-0.2, 0) is 6.61 Å². The van der Waals surface area contributed by atoms with Crippen LogP contribution in [0.15, 0.2) is 42.5 Å². The van der Waals surface area contributed by atoms with Gasteiger partial charge in [-0.05, 0) is 48.7 Å². The topological polar surface area (TPSA) is 78.6 Å². The summed E-state index contributed by atoms with van der Waals surface area (Å²) < 4.78 is 13.4. The van der Waals surface area contributed by atoms with Gasteiger partial charge in [0.2, 0.25) is 0 Å². The first-order valence-corrected chi connectivity index (χ1v) is 8.22. The Morgan fingerprint density at radius 2 is 2.00 bits per heavy atom. The smallest absolute Gasteiger partial charge is 0.292 e. The van der Waals surface area contributed by atoms with Crippen molar-refractivity contribution in [2.45, 2.75) is 25.5 Å². The van der Waals surface area contributed by atoms with E-state index in [1.807, 2.05) is 6.07 Å². The summed E-state index contributed by atoms with van der Waals surface area (Å²) in [7, 11) is 0. The number of nitro groups is 1. The SMILES string of the molecule is O=[N+]([O-])c1ccc(CO)cc1NC1CCN(c2cccc(F)c2)CC1. The van der Waals surface area contributed by atoms with Crippen molar-refractivity contribution >= 4 is 17.1 Å². The molecule has 3 rings (SSSR count). The minimum absolute atomic E-state index is 0.00441. The molecular formula is C18H20FN3O3. The molecule has 132 valence electrons. The summed E-state index contributed by atoms with van der Waals surface area (Å²) in [4.78, 5) is 12.9. The molecular weight excluding hydrogens is 325 g/mol. The van der Waals surface area contributed by atoms with Crippen LogP contribution < -0.4 is 10.2 Å². The van der Waals surface area contributed by atoms with Crippen molar-refractivity contribution in [3.8, 4) is 0 Å². The number of aliphatic hydroxyl groups is 1. The first-order valence-electron chi connectivity index (χ1n) is 8.22. The van der Waals surface area contributed by atoms with Crippen molar-refractivity contribution in [3.05, 3.63) is 64.0 Å². The van der Waals surface area contributed by atoms with Crippen molar-refractivity contribution in [1.82, 2.24) is 0 Å². The van der Waals surface area contributed by atoms with Gasteiger partial charge < -0.3 is 15.3 Å². The quantitative estimate of drug-likeness (QED) is 0.642. The number of anilines is 2. The van der Waals surface area contributed by atoms with E-state index in [1.165, 1.54) is 18.2 Å². The predicted molar refractivity (Wildman–Crippen MR) is 94.3 cm³/mol. The Morgan fingerprint density at radius 1 is 1.24 bits per heavy atom. The third-order valence-electron chi connectivity index (χ3n) is 4.47. The lowest BCUT2D eigenvalue weighted by atomic mass is 10.0. The van der Waals surface area contributed by atoms with Crippen LogP contribution in [0.5, 0.6) is 0 Å². The van der Waals surface area contributed by atoms with Crippen LogP contribution >= 0.6 is 0 Å². The number of rotatable bonds is 5. The highest BCUT2D eigenvalue weighted by Gasteiger charge is 2.22. The summed E-state index contributed by atoms with van der Waals surface area (Å²) in [5, 5.41) is 23.7. The predicted octanol–water partition coefficient (Wildman–Crippen LogP) is 3.31. The van der Waals surface area contributed by atoms with Gasteiger partial charge in [-0.15, -0.1) is 0 Å². The van der Waals surface area contributed by atoms with Crippen LogP contribution in [0.3, 0.4) is 0 Å². The van der Waals surface area contributed by atoms with Crippen LogP contribution in [-0.4, -0.2) is 29.2 Å². The van der Waals surface area contributed by atoms with Gasteiger partial charge in [-0.1, -0.05) is 6.07 Å². The summed E-state index contributed by atoms with van der Waals surface area (Å²) in [5.41, 5.74) is 1.92. The Labute approximate surface area is 145 Å². The number of piperidine rings is 1. The lowest BCUT2D eigenvalue weighted by molar-refractivity contribution is -0.384. The van der Waals surface area contributed by atoms with Crippen LogP contribution in [0.1, 0.15) is 18.4 Å². The molecule has 1 heterocycles. The van der Waals surface area contributed by atoms with Crippen molar-refractivity contribution in [2.24, 2.45) is 0 Å². The number of nitrogens with zero attached hydrogens (tertiary/aromatic N) is 2. The zero-order valence-electron chi connectivity index (χ0n) is 13.7. The number of benzene rings is 2. The molecule has 0 amide bonds. The minimum Gasteiger partial charge on any atom is -0.392 e. The molecule has 0 spiro atoms. The molecule has 0 bridgehead atoms. The molecule has 2 aromatic rings.